The van der Waals surface area contributed by atoms with Crippen LogP contribution >= 0.6 is 11.3 Å². The van der Waals surface area contributed by atoms with Gasteiger partial charge in [0.15, 0.2) is 0 Å². The third-order valence-electron chi connectivity index (χ3n) is 3.46. The van der Waals surface area contributed by atoms with Gasteiger partial charge in [-0.15, -0.1) is 0 Å². The van der Waals surface area contributed by atoms with E-state index in [9.17, 15) is 9.59 Å². The summed E-state index contributed by atoms with van der Waals surface area (Å²) in [5.74, 6) is 0.174. The molecule has 0 radical (unpaired) electrons. The van der Waals surface area contributed by atoms with Gasteiger partial charge in [-0.25, -0.2) is 0 Å². The summed E-state index contributed by atoms with van der Waals surface area (Å²) in [6, 6.07) is 2.05. The van der Waals surface area contributed by atoms with Crippen LogP contribution in [0.2, 0.25) is 0 Å². The van der Waals surface area contributed by atoms with Crippen molar-refractivity contribution in [3.8, 4) is 0 Å². The Bertz CT molecular complexity index is 439. The van der Waals surface area contributed by atoms with Gasteiger partial charge in [0.1, 0.15) is 6.61 Å². The van der Waals surface area contributed by atoms with Crippen LogP contribution in [0.4, 0.5) is 0 Å². The summed E-state index contributed by atoms with van der Waals surface area (Å²) >= 11 is 1.65. The molecule has 2 rings (SSSR count). The summed E-state index contributed by atoms with van der Waals surface area (Å²) in [7, 11) is 1.52. The first-order valence-electron chi connectivity index (χ1n) is 6.76. The summed E-state index contributed by atoms with van der Waals surface area (Å²) in [6.45, 7) is 2.57. The van der Waals surface area contributed by atoms with E-state index in [1.54, 1.807) is 16.2 Å². The van der Waals surface area contributed by atoms with Gasteiger partial charge in [0, 0.05) is 39.7 Å². The number of carbonyl (C=O) groups is 2. The molecule has 1 fully saturated rings. The van der Waals surface area contributed by atoms with Crippen LogP contribution in [0.5, 0.6) is 0 Å². The zero-order chi connectivity index (χ0) is 14.4. The molecule has 0 atom stereocenters. The highest BCUT2D eigenvalue weighted by atomic mass is 32.1. The predicted octanol–water partition coefficient (Wildman–Crippen LogP) is 0.998. The van der Waals surface area contributed by atoms with Crippen molar-refractivity contribution in [3.05, 3.63) is 22.4 Å². The number of methoxy groups -OCH3 is 1. The van der Waals surface area contributed by atoms with Gasteiger partial charge in [0.05, 0.1) is 0 Å². The summed E-state index contributed by atoms with van der Waals surface area (Å²) < 4.78 is 4.84. The molecule has 2 heterocycles. The van der Waals surface area contributed by atoms with Crippen molar-refractivity contribution in [2.45, 2.75) is 12.8 Å². The summed E-state index contributed by atoms with van der Waals surface area (Å²) in [5, 5.41) is 4.11. The molecule has 5 nitrogen and oxygen atoms in total. The van der Waals surface area contributed by atoms with Gasteiger partial charge in [-0.1, -0.05) is 0 Å². The number of hydrogen-bond donors (Lipinski definition) is 0. The number of rotatable bonds is 5. The number of thiophene rings is 1. The zero-order valence-corrected chi connectivity index (χ0v) is 12.5. The van der Waals surface area contributed by atoms with Gasteiger partial charge in [0.25, 0.3) is 0 Å². The molecule has 0 bridgehead atoms. The highest BCUT2D eigenvalue weighted by Gasteiger charge is 2.23. The summed E-state index contributed by atoms with van der Waals surface area (Å²) in [5.41, 5.74) is 1.22. The van der Waals surface area contributed by atoms with E-state index in [1.807, 2.05) is 10.3 Å². The van der Waals surface area contributed by atoms with Gasteiger partial charge in [-0.3, -0.25) is 9.59 Å². The van der Waals surface area contributed by atoms with Crippen molar-refractivity contribution in [2.24, 2.45) is 0 Å². The highest BCUT2D eigenvalue weighted by molar-refractivity contribution is 7.07. The van der Waals surface area contributed by atoms with Crippen molar-refractivity contribution in [1.82, 2.24) is 9.80 Å². The van der Waals surface area contributed by atoms with E-state index in [2.05, 4.69) is 11.4 Å². The van der Waals surface area contributed by atoms with Crippen LogP contribution in [0.1, 0.15) is 12.0 Å². The Morgan fingerprint density at radius 2 is 1.85 bits per heavy atom. The van der Waals surface area contributed by atoms with E-state index in [0.29, 0.717) is 32.6 Å². The number of carbonyl (C=O) groups excluding carboxylic acids is 2. The highest BCUT2D eigenvalue weighted by Crippen LogP contribution is 2.11. The number of piperazine rings is 1. The lowest BCUT2D eigenvalue weighted by molar-refractivity contribution is -0.141. The van der Waals surface area contributed by atoms with E-state index in [1.165, 1.54) is 12.7 Å². The fourth-order valence-electron chi connectivity index (χ4n) is 2.26. The second-order valence-electron chi connectivity index (χ2n) is 4.83. The van der Waals surface area contributed by atoms with E-state index in [0.717, 1.165) is 6.42 Å². The fraction of sp³-hybridized carbons (Fsp3) is 0.571. The normalized spacial score (nSPS) is 15.4. The van der Waals surface area contributed by atoms with Crippen molar-refractivity contribution < 1.29 is 14.3 Å². The lowest BCUT2D eigenvalue weighted by atomic mass is 10.1. The second-order valence-corrected chi connectivity index (χ2v) is 5.61. The molecule has 0 N–H and O–H groups in total. The Kier molecular flexibility index (Phi) is 5.55. The monoisotopic (exact) mass is 296 g/mol. The molecule has 0 aromatic carbocycles. The largest absolute Gasteiger partial charge is 0.375 e. The average molecular weight is 296 g/mol. The summed E-state index contributed by atoms with van der Waals surface area (Å²) in [4.78, 5) is 27.4. The molecule has 1 aromatic heterocycles. The average Bonchev–Trinajstić information content (AvgIpc) is 2.98. The SMILES string of the molecule is COCC(=O)N1CCN(C(=O)CCc2ccsc2)CC1. The Morgan fingerprint density at radius 1 is 1.20 bits per heavy atom. The Balaban J connectivity index is 1.73. The molecule has 6 heteroatoms. The van der Waals surface area contributed by atoms with Crippen LogP contribution in [0.15, 0.2) is 16.8 Å². The van der Waals surface area contributed by atoms with E-state index >= 15 is 0 Å². The van der Waals surface area contributed by atoms with Gasteiger partial charge in [-0.2, -0.15) is 11.3 Å². The van der Waals surface area contributed by atoms with Gasteiger partial charge in [-0.05, 0) is 28.8 Å². The number of aryl methyl sites for hydroxylation is 1. The Morgan fingerprint density at radius 3 is 2.40 bits per heavy atom. The van der Waals surface area contributed by atoms with Crippen LogP contribution in [0.25, 0.3) is 0 Å². The Hall–Kier alpha value is -1.40. The molecule has 1 aliphatic heterocycles. The molecule has 1 saturated heterocycles. The molecule has 0 spiro atoms. The van der Waals surface area contributed by atoms with Crippen LogP contribution in [-0.4, -0.2) is 61.5 Å². The van der Waals surface area contributed by atoms with Crippen molar-refractivity contribution in [2.75, 3.05) is 39.9 Å². The van der Waals surface area contributed by atoms with Crippen LogP contribution in [-0.2, 0) is 20.7 Å². The van der Waals surface area contributed by atoms with Crippen molar-refractivity contribution >= 4 is 23.2 Å². The number of ether oxygens (including phenoxy) is 1. The number of nitrogens with zero attached hydrogens (tertiary/aromatic N) is 2. The first kappa shape index (κ1) is 15.0. The Labute approximate surface area is 123 Å². The maximum Gasteiger partial charge on any atom is 0.248 e. The molecule has 1 aromatic rings. The number of hydrogen-bond acceptors (Lipinski definition) is 4. The molecule has 2 amide bonds. The molecule has 0 aliphatic carbocycles. The standard InChI is InChI=1S/C14H20N2O3S/c1-19-10-14(18)16-7-5-15(6-8-16)13(17)3-2-12-4-9-20-11-12/h4,9,11H,2-3,5-8,10H2,1H3. The smallest absolute Gasteiger partial charge is 0.248 e. The molecule has 1 aliphatic rings. The van der Waals surface area contributed by atoms with E-state index in [-0.39, 0.29) is 18.4 Å². The minimum Gasteiger partial charge on any atom is -0.375 e. The lowest BCUT2D eigenvalue weighted by Crippen LogP contribution is -2.51. The maximum absolute atomic E-state index is 12.1. The van der Waals surface area contributed by atoms with Crippen LogP contribution < -0.4 is 0 Å². The molecule has 20 heavy (non-hydrogen) atoms. The topological polar surface area (TPSA) is 49.9 Å². The zero-order valence-electron chi connectivity index (χ0n) is 11.7. The van der Waals surface area contributed by atoms with Gasteiger partial charge >= 0.3 is 0 Å². The number of amides is 2. The fourth-order valence-corrected chi connectivity index (χ4v) is 2.97. The lowest BCUT2D eigenvalue weighted by Gasteiger charge is -2.34. The maximum atomic E-state index is 12.1. The molecule has 110 valence electrons. The first-order valence-corrected chi connectivity index (χ1v) is 7.70. The van der Waals surface area contributed by atoms with E-state index in [4.69, 9.17) is 4.74 Å². The third kappa shape index (κ3) is 4.05. The second kappa shape index (κ2) is 7.40. The first-order chi connectivity index (χ1) is 9.70. The minimum atomic E-state index is -0.00197. The van der Waals surface area contributed by atoms with Crippen molar-refractivity contribution in [1.29, 1.82) is 0 Å². The van der Waals surface area contributed by atoms with Crippen LogP contribution in [0.3, 0.4) is 0 Å². The van der Waals surface area contributed by atoms with Crippen molar-refractivity contribution in [3.63, 3.8) is 0 Å². The molecular formula is C14H20N2O3S. The summed E-state index contributed by atoms with van der Waals surface area (Å²) in [6.07, 6.45) is 1.34. The predicted molar refractivity (Wildman–Crippen MR) is 77.7 cm³/mol. The van der Waals surface area contributed by atoms with Gasteiger partial charge < -0.3 is 14.5 Å². The van der Waals surface area contributed by atoms with Gasteiger partial charge in [0.2, 0.25) is 11.8 Å². The molecule has 0 unspecified atom stereocenters. The molecular weight excluding hydrogens is 276 g/mol. The minimum absolute atomic E-state index is 0.00197. The van der Waals surface area contributed by atoms with Crippen LogP contribution in [0, 0.1) is 0 Å². The van der Waals surface area contributed by atoms with E-state index < -0.39 is 0 Å². The quantitative estimate of drug-likeness (QED) is 0.814. The third-order valence-corrected chi connectivity index (χ3v) is 4.19. The molecule has 0 saturated carbocycles.